The number of rotatable bonds is 0. The monoisotopic (exact) mass is 180 g/mol. The molecule has 0 N–H and O–H groups in total. The Morgan fingerprint density at radius 1 is 1.45 bits per heavy atom. The van der Waals surface area contributed by atoms with Crippen LogP contribution in [0.5, 0.6) is 0 Å². The van der Waals surface area contributed by atoms with Crippen molar-refractivity contribution in [2.75, 3.05) is 0 Å². The smallest absolute Gasteiger partial charge is 0.150 e. The van der Waals surface area contributed by atoms with E-state index in [4.69, 9.17) is 10.5 Å². The highest BCUT2D eigenvalue weighted by molar-refractivity contribution is 8.28. The van der Waals surface area contributed by atoms with E-state index in [2.05, 4.69) is 0 Å². The SMILES string of the molecule is CC1=CSC(=C(C#N)C#N)S1. The molecule has 2 nitrogen and oxygen atoms in total. The molecule has 1 aliphatic rings. The predicted molar refractivity (Wildman–Crippen MR) is 47.2 cm³/mol. The van der Waals surface area contributed by atoms with E-state index in [0.717, 1.165) is 9.14 Å². The van der Waals surface area contributed by atoms with E-state index < -0.39 is 0 Å². The average molecular weight is 180 g/mol. The summed E-state index contributed by atoms with van der Waals surface area (Å²) in [4.78, 5) is 1.13. The topological polar surface area (TPSA) is 47.6 Å². The van der Waals surface area contributed by atoms with Crippen LogP contribution in [-0.2, 0) is 0 Å². The first-order valence-corrected chi connectivity index (χ1v) is 4.53. The Labute approximate surface area is 73.6 Å². The van der Waals surface area contributed by atoms with Crippen LogP contribution in [0.1, 0.15) is 6.92 Å². The Bertz CT molecular complexity index is 298. The summed E-state index contributed by atoms with van der Waals surface area (Å²) in [6, 6.07) is 3.72. The van der Waals surface area contributed by atoms with Gasteiger partial charge in [0, 0.05) is 0 Å². The third-order valence-corrected chi connectivity index (χ3v) is 3.42. The first-order chi connectivity index (χ1) is 5.27. The van der Waals surface area contributed by atoms with Crippen LogP contribution in [0.3, 0.4) is 0 Å². The molecule has 11 heavy (non-hydrogen) atoms. The number of hydrogen-bond acceptors (Lipinski definition) is 4. The molecule has 1 rings (SSSR count). The molecule has 0 aliphatic carbocycles. The van der Waals surface area contributed by atoms with Gasteiger partial charge in [-0.1, -0.05) is 23.5 Å². The standard InChI is InChI=1S/C7H4N2S2/c1-5-4-10-7(11-5)6(2-8)3-9/h4H,1H3. The molecule has 0 aromatic heterocycles. The first-order valence-electron chi connectivity index (χ1n) is 2.83. The van der Waals surface area contributed by atoms with Crippen molar-refractivity contribution in [2.24, 2.45) is 0 Å². The van der Waals surface area contributed by atoms with Gasteiger partial charge in [-0.25, -0.2) is 0 Å². The number of nitrogens with zero attached hydrogens (tertiary/aromatic N) is 2. The minimum atomic E-state index is 0.216. The molecule has 0 radical (unpaired) electrons. The molecule has 0 bridgehead atoms. The molecular weight excluding hydrogens is 176 g/mol. The Morgan fingerprint density at radius 3 is 2.45 bits per heavy atom. The van der Waals surface area contributed by atoms with Crippen molar-refractivity contribution in [3.8, 4) is 12.1 Å². The maximum Gasteiger partial charge on any atom is 0.150 e. The number of hydrogen-bond donors (Lipinski definition) is 0. The molecule has 0 unspecified atom stereocenters. The van der Waals surface area contributed by atoms with Crippen molar-refractivity contribution in [3.05, 3.63) is 20.1 Å². The van der Waals surface area contributed by atoms with Crippen LogP contribution in [0.15, 0.2) is 20.1 Å². The van der Waals surface area contributed by atoms with E-state index in [9.17, 15) is 0 Å². The molecule has 0 saturated heterocycles. The van der Waals surface area contributed by atoms with Gasteiger partial charge in [-0.3, -0.25) is 0 Å². The average Bonchev–Trinajstić information content (AvgIpc) is 2.39. The highest BCUT2D eigenvalue weighted by Gasteiger charge is 2.13. The lowest BCUT2D eigenvalue weighted by atomic mass is 10.4. The van der Waals surface area contributed by atoms with Crippen molar-refractivity contribution < 1.29 is 0 Å². The molecular formula is C7H4N2S2. The van der Waals surface area contributed by atoms with Crippen LogP contribution in [0.2, 0.25) is 0 Å². The Kier molecular flexibility index (Phi) is 2.64. The lowest BCUT2D eigenvalue weighted by molar-refractivity contribution is 1.47. The fraction of sp³-hybridized carbons (Fsp3) is 0.143. The van der Waals surface area contributed by atoms with Crippen LogP contribution in [0, 0.1) is 22.7 Å². The van der Waals surface area contributed by atoms with Crippen molar-refractivity contribution in [1.82, 2.24) is 0 Å². The first kappa shape index (κ1) is 8.26. The van der Waals surface area contributed by atoms with Crippen molar-refractivity contribution in [1.29, 1.82) is 10.5 Å². The van der Waals surface area contributed by atoms with E-state index in [-0.39, 0.29) is 5.57 Å². The van der Waals surface area contributed by atoms with Crippen LogP contribution >= 0.6 is 23.5 Å². The molecule has 4 heteroatoms. The zero-order valence-corrected chi connectivity index (χ0v) is 7.42. The minimum absolute atomic E-state index is 0.216. The zero-order valence-electron chi connectivity index (χ0n) is 5.79. The molecule has 0 fully saturated rings. The van der Waals surface area contributed by atoms with Gasteiger partial charge in [0.25, 0.3) is 0 Å². The van der Waals surface area contributed by atoms with Gasteiger partial charge < -0.3 is 0 Å². The summed E-state index contributed by atoms with van der Waals surface area (Å²) in [7, 11) is 0. The molecule has 0 amide bonds. The van der Waals surface area contributed by atoms with Gasteiger partial charge in [-0.2, -0.15) is 10.5 Å². The Hall–Kier alpha value is -0.840. The van der Waals surface area contributed by atoms with E-state index in [1.807, 2.05) is 24.5 Å². The highest BCUT2D eigenvalue weighted by atomic mass is 32.2. The summed E-state index contributed by atoms with van der Waals surface area (Å²) in [6.07, 6.45) is 0. The molecule has 0 spiro atoms. The molecule has 0 aromatic carbocycles. The van der Waals surface area contributed by atoms with Crippen molar-refractivity contribution in [3.63, 3.8) is 0 Å². The van der Waals surface area contributed by atoms with E-state index in [0.29, 0.717) is 0 Å². The second kappa shape index (κ2) is 3.52. The highest BCUT2D eigenvalue weighted by Crippen LogP contribution is 2.44. The lowest BCUT2D eigenvalue weighted by Crippen LogP contribution is -1.73. The fourth-order valence-corrected chi connectivity index (χ4v) is 2.59. The van der Waals surface area contributed by atoms with Crippen molar-refractivity contribution in [2.45, 2.75) is 6.92 Å². The molecule has 54 valence electrons. The fourth-order valence-electron chi connectivity index (χ4n) is 0.557. The lowest BCUT2D eigenvalue weighted by Gasteiger charge is -1.91. The summed E-state index contributed by atoms with van der Waals surface area (Å²) >= 11 is 2.92. The van der Waals surface area contributed by atoms with Crippen LogP contribution in [0.4, 0.5) is 0 Å². The zero-order chi connectivity index (χ0) is 8.27. The van der Waals surface area contributed by atoms with Gasteiger partial charge in [-0.15, -0.1) is 0 Å². The molecule has 0 atom stereocenters. The summed E-state index contributed by atoms with van der Waals surface area (Å²) in [6.45, 7) is 1.96. The van der Waals surface area contributed by atoms with Gasteiger partial charge in [0.2, 0.25) is 0 Å². The maximum atomic E-state index is 8.49. The van der Waals surface area contributed by atoms with Gasteiger partial charge in [0.05, 0.1) is 4.24 Å². The van der Waals surface area contributed by atoms with E-state index >= 15 is 0 Å². The predicted octanol–water partition coefficient (Wildman–Crippen LogP) is 2.59. The van der Waals surface area contributed by atoms with Crippen LogP contribution in [-0.4, -0.2) is 0 Å². The van der Waals surface area contributed by atoms with Gasteiger partial charge in [-0.05, 0) is 17.2 Å². The minimum Gasteiger partial charge on any atom is -0.192 e. The summed E-state index contributed by atoms with van der Waals surface area (Å²) in [5.74, 6) is 0. The van der Waals surface area contributed by atoms with E-state index in [1.165, 1.54) is 23.5 Å². The van der Waals surface area contributed by atoms with Crippen molar-refractivity contribution >= 4 is 23.5 Å². The van der Waals surface area contributed by atoms with Gasteiger partial charge in [0.15, 0.2) is 0 Å². The number of nitriles is 2. The summed E-state index contributed by atoms with van der Waals surface area (Å²) < 4.78 is 0.799. The van der Waals surface area contributed by atoms with Crippen LogP contribution < -0.4 is 0 Å². The second-order valence-corrected chi connectivity index (χ2v) is 4.23. The third-order valence-electron chi connectivity index (χ3n) is 1.01. The maximum absolute atomic E-state index is 8.49. The molecule has 0 saturated carbocycles. The number of thioether (sulfide) groups is 2. The van der Waals surface area contributed by atoms with Crippen LogP contribution in [0.25, 0.3) is 0 Å². The summed E-state index contributed by atoms with van der Waals surface area (Å²) in [5.41, 5.74) is 0.216. The largest absolute Gasteiger partial charge is 0.192 e. The number of allylic oxidation sites excluding steroid dienone is 2. The second-order valence-electron chi connectivity index (χ2n) is 1.83. The third kappa shape index (κ3) is 1.80. The quantitative estimate of drug-likeness (QED) is 0.537. The summed E-state index contributed by atoms with van der Waals surface area (Å²) in [5, 5.41) is 18.9. The Morgan fingerprint density at radius 2 is 2.09 bits per heavy atom. The van der Waals surface area contributed by atoms with Gasteiger partial charge >= 0.3 is 0 Å². The Balaban J connectivity index is 2.89. The molecule has 1 aliphatic heterocycles. The van der Waals surface area contributed by atoms with Gasteiger partial charge in [0.1, 0.15) is 17.7 Å². The molecule has 0 aromatic rings. The normalized spacial score (nSPS) is 15.2. The molecule has 1 heterocycles. The van der Waals surface area contributed by atoms with E-state index in [1.54, 1.807) is 0 Å².